The van der Waals surface area contributed by atoms with Gasteiger partial charge in [-0.15, -0.1) is 0 Å². The van der Waals surface area contributed by atoms with Gasteiger partial charge in [0.05, 0.1) is 41.2 Å². The Labute approximate surface area is 217 Å². The lowest BCUT2D eigenvalue weighted by molar-refractivity contribution is 0.693. The highest BCUT2D eigenvalue weighted by Gasteiger charge is 2.37. The number of benzene rings is 3. The maximum Gasteiger partial charge on any atom is 0.0867 e. The Kier molecular flexibility index (Phi) is 5.41. The van der Waals surface area contributed by atoms with Gasteiger partial charge in [0.25, 0.3) is 0 Å². The van der Waals surface area contributed by atoms with Crippen LogP contribution >= 0.6 is 0 Å². The molecule has 178 valence electrons. The molecule has 2 aliphatic carbocycles. The van der Waals surface area contributed by atoms with E-state index in [4.69, 9.17) is 0 Å². The molecule has 0 saturated heterocycles. The van der Waals surface area contributed by atoms with Crippen LogP contribution in [0.1, 0.15) is 60.8 Å². The first-order valence-electron chi connectivity index (χ1n) is 12.7. The van der Waals surface area contributed by atoms with E-state index in [0.29, 0.717) is 0 Å². The van der Waals surface area contributed by atoms with Gasteiger partial charge in [-0.1, -0.05) is 84.9 Å². The Morgan fingerprint density at radius 1 is 0.389 bits per heavy atom. The van der Waals surface area contributed by atoms with Crippen molar-refractivity contribution < 1.29 is 8.42 Å². The third-order valence-electron chi connectivity index (χ3n) is 7.75. The Morgan fingerprint density at radius 3 is 0.972 bits per heavy atom. The smallest absolute Gasteiger partial charge is 0.0867 e. The van der Waals surface area contributed by atoms with Crippen molar-refractivity contribution in [2.45, 2.75) is 38.5 Å². The van der Waals surface area contributed by atoms with E-state index >= 15 is 0 Å². The topological polar surface area (TPSA) is 34.1 Å². The molecule has 4 heteroatoms. The predicted octanol–water partition coefficient (Wildman–Crippen LogP) is 7.82. The van der Waals surface area contributed by atoms with Crippen LogP contribution in [0.5, 0.6) is 0 Å². The van der Waals surface area contributed by atoms with Crippen molar-refractivity contribution in [1.82, 2.24) is 0 Å². The molecular formula is C32H26O2S2. The Hall–Kier alpha value is -3.08. The van der Waals surface area contributed by atoms with Gasteiger partial charge in [0.1, 0.15) is 0 Å². The fraction of sp³-hybridized carbons (Fsp3) is 0.188. The highest BCUT2D eigenvalue weighted by Crippen LogP contribution is 2.52. The first kappa shape index (κ1) is 22.1. The summed E-state index contributed by atoms with van der Waals surface area (Å²) in [4.78, 5) is 3.94. The molecule has 4 aliphatic rings. The lowest BCUT2D eigenvalue weighted by atomic mass is 10.0. The van der Waals surface area contributed by atoms with Gasteiger partial charge in [0, 0.05) is 0 Å². The third kappa shape index (κ3) is 3.35. The zero-order valence-corrected chi connectivity index (χ0v) is 21.6. The molecule has 2 aliphatic heterocycles. The summed E-state index contributed by atoms with van der Waals surface area (Å²) in [6.07, 6.45) is 6.21. The summed E-state index contributed by atoms with van der Waals surface area (Å²) in [6, 6.07) is 28.8. The van der Waals surface area contributed by atoms with E-state index in [1.54, 1.807) is 0 Å². The third-order valence-corrected chi connectivity index (χ3v) is 11.2. The van der Waals surface area contributed by atoms with E-state index in [1.165, 1.54) is 22.3 Å². The molecule has 36 heavy (non-hydrogen) atoms. The molecule has 0 radical (unpaired) electrons. The Bertz CT molecular complexity index is 1450. The lowest BCUT2D eigenvalue weighted by Gasteiger charge is -2.11. The number of hydrogen-bond acceptors (Lipinski definition) is 2. The molecule has 2 heterocycles. The minimum atomic E-state index is -1.18. The first-order valence-corrected chi connectivity index (χ1v) is 15.0. The van der Waals surface area contributed by atoms with Crippen LogP contribution in [0.15, 0.2) is 107 Å². The van der Waals surface area contributed by atoms with Crippen LogP contribution in [0.4, 0.5) is 0 Å². The van der Waals surface area contributed by atoms with Crippen molar-refractivity contribution >= 4 is 41.2 Å². The van der Waals surface area contributed by atoms with Crippen LogP contribution in [-0.4, -0.2) is 8.42 Å². The summed E-state index contributed by atoms with van der Waals surface area (Å²) in [7, 11) is -2.36. The van der Waals surface area contributed by atoms with Gasteiger partial charge in [-0.2, -0.15) is 0 Å². The van der Waals surface area contributed by atoms with Crippen molar-refractivity contribution in [2.75, 3.05) is 0 Å². The normalized spacial score (nSPS) is 23.2. The van der Waals surface area contributed by atoms with Crippen molar-refractivity contribution in [3.05, 3.63) is 129 Å². The summed E-state index contributed by atoms with van der Waals surface area (Å²) in [5.74, 6) is 0. The SMILES string of the molecule is O=S1C(c2ccccc2)=C2CCCC2=C1c1ccc(C2=C3CCCC3=C(c3ccccc3)S2=O)cc1. The molecule has 2 nitrogen and oxygen atoms in total. The van der Waals surface area contributed by atoms with Crippen molar-refractivity contribution in [2.24, 2.45) is 0 Å². The van der Waals surface area contributed by atoms with E-state index in [1.807, 2.05) is 36.4 Å². The second kappa shape index (κ2) is 8.79. The molecule has 2 saturated carbocycles. The van der Waals surface area contributed by atoms with Gasteiger partial charge in [0.15, 0.2) is 0 Å². The number of rotatable bonds is 4. The van der Waals surface area contributed by atoms with Crippen LogP contribution in [0, 0.1) is 0 Å². The summed E-state index contributed by atoms with van der Waals surface area (Å²) in [5, 5.41) is 0. The average Bonchev–Trinajstić information content (AvgIpc) is 3.67. The van der Waals surface area contributed by atoms with Crippen molar-refractivity contribution in [3.63, 3.8) is 0 Å². The van der Waals surface area contributed by atoms with E-state index in [-0.39, 0.29) is 0 Å². The van der Waals surface area contributed by atoms with E-state index in [9.17, 15) is 8.42 Å². The van der Waals surface area contributed by atoms with Gasteiger partial charge < -0.3 is 0 Å². The average molecular weight is 507 g/mol. The van der Waals surface area contributed by atoms with Crippen LogP contribution in [-0.2, 0) is 21.6 Å². The zero-order valence-electron chi connectivity index (χ0n) is 20.0. The molecule has 7 rings (SSSR count). The van der Waals surface area contributed by atoms with Gasteiger partial charge in [-0.25, -0.2) is 8.42 Å². The lowest BCUT2D eigenvalue weighted by Crippen LogP contribution is -1.98. The highest BCUT2D eigenvalue weighted by molar-refractivity contribution is 8.04. The van der Waals surface area contributed by atoms with Gasteiger partial charge in [0.2, 0.25) is 0 Å². The first-order chi connectivity index (χ1) is 17.7. The number of fused-ring (bicyclic) bond motifs is 2. The van der Waals surface area contributed by atoms with Gasteiger partial charge in [-0.05, 0) is 83.1 Å². The standard InChI is InChI=1S/C32H26O2S2/c33-35-29(21-9-3-1-4-10-21)25-13-7-15-27(25)31(35)23-17-19-24(20-18-23)32-28-16-8-14-26(28)30(36(32)34)22-11-5-2-6-12-22/h1-6,9-12,17-20H,7-8,13-16H2. The summed E-state index contributed by atoms with van der Waals surface area (Å²) < 4.78 is 27.6. The van der Waals surface area contributed by atoms with Crippen LogP contribution in [0.2, 0.25) is 0 Å². The van der Waals surface area contributed by atoms with Crippen LogP contribution in [0.25, 0.3) is 19.6 Å². The molecule has 3 aromatic carbocycles. The van der Waals surface area contributed by atoms with Gasteiger partial charge >= 0.3 is 0 Å². The molecule has 0 aromatic heterocycles. The molecule has 0 amide bonds. The number of allylic oxidation sites excluding steroid dienone is 4. The van der Waals surface area contributed by atoms with Crippen LogP contribution < -0.4 is 0 Å². The zero-order chi connectivity index (χ0) is 24.2. The van der Waals surface area contributed by atoms with E-state index < -0.39 is 21.6 Å². The monoisotopic (exact) mass is 506 g/mol. The number of hydrogen-bond donors (Lipinski definition) is 0. The van der Waals surface area contributed by atoms with Crippen molar-refractivity contribution in [1.29, 1.82) is 0 Å². The molecule has 0 N–H and O–H groups in total. The summed E-state index contributed by atoms with van der Waals surface area (Å²) in [5.41, 5.74) is 9.30. The molecule has 2 unspecified atom stereocenters. The molecule has 2 atom stereocenters. The minimum absolute atomic E-state index is 0.975. The molecule has 3 aromatic rings. The second-order valence-corrected chi connectivity index (χ2v) is 12.5. The van der Waals surface area contributed by atoms with Crippen LogP contribution in [0.3, 0.4) is 0 Å². The highest BCUT2D eigenvalue weighted by atomic mass is 32.2. The maximum absolute atomic E-state index is 13.8. The summed E-state index contributed by atoms with van der Waals surface area (Å²) >= 11 is 0. The largest absolute Gasteiger partial charge is 0.249 e. The second-order valence-electron chi connectivity index (χ2n) is 9.78. The molecule has 0 bridgehead atoms. The molecule has 0 spiro atoms. The van der Waals surface area contributed by atoms with Gasteiger partial charge in [-0.3, -0.25) is 0 Å². The maximum atomic E-state index is 13.8. The molecular weight excluding hydrogens is 480 g/mol. The van der Waals surface area contributed by atoms with E-state index in [0.717, 1.165) is 80.4 Å². The predicted molar refractivity (Wildman–Crippen MR) is 151 cm³/mol. The fourth-order valence-corrected chi connectivity index (χ4v) is 9.82. The van der Waals surface area contributed by atoms with E-state index in [2.05, 4.69) is 48.5 Å². The molecule has 2 fully saturated rings. The summed E-state index contributed by atoms with van der Waals surface area (Å²) in [6.45, 7) is 0. The van der Waals surface area contributed by atoms with Crippen molar-refractivity contribution in [3.8, 4) is 0 Å². The minimum Gasteiger partial charge on any atom is -0.249 e. The quantitative estimate of drug-likeness (QED) is 0.361. The fourth-order valence-electron chi connectivity index (χ4n) is 6.22. The Balaban J connectivity index is 1.25. The Morgan fingerprint density at radius 2 is 0.667 bits per heavy atom.